The van der Waals surface area contributed by atoms with E-state index in [9.17, 15) is 5.11 Å². The third kappa shape index (κ3) is 1.57. The summed E-state index contributed by atoms with van der Waals surface area (Å²) in [7, 11) is 0. The Morgan fingerprint density at radius 1 is 1.35 bits per heavy atom. The molecule has 17 heavy (non-hydrogen) atoms. The summed E-state index contributed by atoms with van der Waals surface area (Å²) in [6.07, 6.45) is 5.70. The minimum absolute atomic E-state index is 0.0535. The SMILES string of the molecule is [N-]=[N+]=NC[C@@H](N)[C@@H](O)C12CC3CC(CC1C3)C2. The van der Waals surface area contributed by atoms with Crippen LogP contribution in [-0.2, 0) is 0 Å². The van der Waals surface area contributed by atoms with Gasteiger partial charge in [-0.1, -0.05) is 5.11 Å². The molecule has 94 valence electrons. The highest BCUT2D eigenvalue weighted by Crippen LogP contribution is 2.66. The molecule has 4 atom stereocenters. The average Bonchev–Trinajstić information content (AvgIpc) is 2.71. The van der Waals surface area contributed by atoms with Crippen molar-refractivity contribution in [2.24, 2.45) is 34.0 Å². The van der Waals surface area contributed by atoms with Gasteiger partial charge < -0.3 is 10.8 Å². The van der Waals surface area contributed by atoms with Crippen molar-refractivity contribution in [1.82, 2.24) is 0 Å². The Morgan fingerprint density at radius 3 is 2.59 bits per heavy atom. The molecule has 0 saturated heterocycles. The third-order valence-electron chi connectivity index (χ3n) is 5.40. The summed E-state index contributed by atoms with van der Waals surface area (Å²) in [5.74, 6) is 2.29. The largest absolute Gasteiger partial charge is 0.391 e. The number of hydrogen-bond donors (Lipinski definition) is 2. The fourth-order valence-corrected chi connectivity index (χ4v) is 5.00. The van der Waals surface area contributed by atoms with Gasteiger partial charge in [-0.2, -0.15) is 0 Å². The number of nitrogens with two attached hydrogens (primary N) is 1. The molecule has 0 aromatic rings. The van der Waals surface area contributed by atoms with Crippen molar-refractivity contribution in [2.75, 3.05) is 6.54 Å². The molecule has 5 heteroatoms. The molecule has 4 fully saturated rings. The lowest BCUT2D eigenvalue weighted by molar-refractivity contribution is -0.0148. The van der Waals surface area contributed by atoms with Gasteiger partial charge in [-0.3, -0.25) is 0 Å². The summed E-state index contributed by atoms with van der Waals surface area (Å²) in [6, 6.07) is -0.399. The van der Waals surface area contributed by atoms with Gasteiger partial charge in [-0.15, -0.1) is 0 Å². The summed E-state index contributed by atoms with van der Waals surface area (Å²) in [5.41, 5.74) is 14.4. The van der Waals surface area contributed by atoms with Gasteiger partial charge in [0, 0.05) is 22.9 Å². The van der Waals surface area contributed by atoms with Crippen molar-refractivity contribution < 1.29 is 5.11 Å². The number of nitrogens with zero attached hydrogens (tertiary/aromatic N) is 3. The van der Waals surface area contributed by atoms with Crippen LogP contribution in [0, 0.1) is 23.2 Å². The summed E-state index contributed by atoms with van der Waals surface area (Å²) in [6.45, 7) is 0.210. The molecule has 4 aliphatic carbocycles. The second kappa shape index (κ2) is 3.87. The first-order valence-electron chi connectivity index (χ1n) is 6.60. The quantitative estimate of drug-likeness (QED) is 0.442. The third-order valence-corrected chi connectivity index (χ3v) is 5.40. The van der Waals surface area contributed by atoms with Crippen molar-refractivity contribution in [2.45, 2.75) is 44.2 Å². The van der Waals surface area contributed by atoms with Crippen molar-refractivity contribution in [1.29, 1.82) is 0 Å². The van der Waals surface area contributed by atoms with E-state index >= 15 is 0 Å². The Hall–Kier alpha value is -0.770. The smallest absolute Gasteiger partial charge is 0.0751 e. The number of hydrogen-bond acceptors (Lipinski definition) is 3. The van der Waals surface area contributed by atoms with Gasteiger partial charge in [0.1, 0.15) is 0 Å². The number of aliphatic hydroxyl groups is 1. The fourth-order valence-electron chi connectivity index (χ4n) is 5.00. The molecule has 0 amide bonds. The van der Waals surface area contributed by atoms with E-state index in [0.29, 0.717) is 5.92 Å². The first-order valence-corrected chi connectivity index (χ1v) is 6.60. The zero-order valence-electron chi connectivity index (χ0n) is 10.00. The maximum Gasteiger partial charge on any atom is 0.0751 e. The highest BCUT2D eigenvalue weighted by Gasteiger charge is 2.61. The Balaban J connectivity index is 1.77. The Bertz CT molecular complexity index is 352. The molecule has 4 aliphatic rings. The van der Waals surface area contributed by atoms with Gasteiger partial charge in [0.15, 0.2) is 0 Å². The van der Waals surface area contributed by atoms with Gasteiger partial charge in [0.05, 0.1) is 6.10 Å². The van der Waals surface area contributed by atoms with E-state index in [-0.39, 0.29) is 12.0 Å². The van der Waals surface area contributed by atoms with Gasteiger partial charge in [-0.05, 0) is 55.4 Å². The lowest BCUT2D eigenvalue weighted by Gasteiger charge is -2.39. The van der Waals surface area contributed by atoms with E-state index in [4.69, 9.17) is 11.3 Å². The zero-order chi connectivity index (χ0) is 12.0. The maximum absolute atomic E-state index is 10.5. The molecule has 0 radical (unpaired) electrons. The molecule has 0 aliphatic heterocycles. The Morgan fingerprint density at radius 2 is 2.00 bits per heavy atom. The first kappa shape index (κ1) is 11.3. The summed E-state index contributed by atoms with van der Waals surface area (Å²) in [4.78, 5) is 2.73. The van der Waals surface area contributed by atoms with Crippen molar-refractivity contribution in [3.63, 3.8) is 0 Å². The highest BCUT2D eigenvalue weighted by atomic mass is 16.3. The highest BCUT2D eigenvalue weighted by molar-refractivity contribution is 5.11. The molecule has 0 spiro atoms. The lowest BCUT2D eigenvalue weighted by atomic mass is 9.70. The number of rotatable bonds is 4. The standard InChI is InChI=1S/C12H20N4O/c13-10(6-15-16-14)11(17)12-4-7-1-8(5-12)3-9(12)2-7/h7-11,17H,1-6,13H2/t7?,8?,9?,10-,11-,12?/m1/s1. The Kier molecular flexibility index (Phi) is 2.58. The van der Waals surface area contributed by atoms with E-state index in [1.54, 1.807) is 0 Å². The molecule has 0 aromatic heterocycles. The molecular formula is C12H20N4O. The van der Waals surface area contributed by atoms with Gasteiger partial charge >= 0.3 is 0 Å². The van der Waals surface area contributed by atoms with E-state index in [1.807, 2.05) is 0 Å². The molecule has 2 unspecified atom stereocenters. The summed E-state index contributed by atoms with van der Waals surface area (Å²) >= 11 is 0. The second-order valence-electron chi connectivity index (χ2n) is 6.30. The van der Waals surface area contributed by atoms with Gasteiger partial charge in [0.2, 0.25) is 0 Å². The van der Waals surface area contributed by atoms with Crippen LogP contribution in [0.15, 0.2) is 5.11 Å². The monoisotopic (exact) mass is 236 g/mol. The minimum atomic E-state index is -0.492. The molecule has 0 aromatic carbocycles. The maximum atomic E-state index is 10.5. The van der Waals surface area contributed by atoms with Crippen LogP contribution in [0.2, 0.25) is 0 Å². The van der Waals surface area contributed by atoms with Crippen LogP contribution in [0.4, 0.5) is 0 Å². The predicted molar refractivity (Wildman–Crippen MR) is 64.0 cm³/mol. The first-order chi connectivity index (χ1) is 8.15. The van der Waals surface area contributed by atoms with Crippen LogP contribution in [0.5, 0.6) is 0 Å². The summed E-state index contributed by atoms with van der Waals surface area (Å²) in [5, 5.41) is 14.0. The van der Waals surface area contributed by atoms with Crippen LogP contribution in [-0.4, -0.2) is 23.8 Å². The fraction of sp³-hybridized carbons (Fsp3) is 1.00. The molecular weight excluding hydrogens is 216 g/mol. The van der Waals surface area contributed by atoms with Crippen molar-refractivity contribution >= 4 is 0 Å². The number of azide groups is 1. The van der Waals surface area contributed by atoms with Crippen LogP contribution in [0.1, 0.15) is 32.1 Å². The molecule has 4 saturated carbocycles. The molecule has 4 rings (SSSR count). The van der Waals surface area contributed by atoms with E-state index in [2.05, 4.69) is 10.0 Å². The average molecular weight is 236 g/mol. The predicted octanol–water partition coefficient (Wildman–Crippen LogP) is 1.81. The summed E-state index contributed by atoms with van der Waals surface area (Å²) < 4.78 is 0. The second-order valence-corrected chi connectivity index (χ2v) is 6.30. The Labute approximate surface area is 101 Å². The zero-order valence-corrected chi connectivity index (χ0v) is 10.00. The lowest BCUT2D eigenvalue weighted by Crippen LogP contribution is -2.49. The van der Waals surface area contributed by atoms with Crippen molar-refractivity contribution in [3.05, 3.63) is 10.4 Å². The van der Waals surface area contributed by atoms with Crippen LogP contribution < -0.4 is 5.73 Å². The van der Waals surface area contributed by atoms with Gasteiger partial charge in [0.25, 0.3) is 0 Å². The van der Waals surface area contributed by atoms with E-state index in [0.717, 1.165) is 24.7 Å². The minimum Gasteiger partial charge on any atom is -0.391 e. The molecule has 0 heterocycles. The van der Waals surface area contributed by atoms with Crippen LogP contribution >= 0.6 is 0 Å². The van der Waals surface area contributed by atoms with E-state index < -0.39 is 12.1 Å². The normalized spacial score (nSPS) is 45.6. The van der Waals surface area contributed by atoms with Crippen molar-refractivity contribution in [3.8, 4) is 0 Å². The number of aliphatic hydroxyl groups excluding tert-OH is 1. The molecule has 4 bridgehead atoms. The topological polar surface area (TPSA) is 95.0 Å². The van der Waals surface area contributed by atoms with E-state index in [1.165, 1.54) is 19.3 Å². The van der Waals surface area contributed by atoms with Gasteiger partial charge in [-0.25, -0.2) is 0 Å². The molecule has 5 nitrogen and oxygen atoms in total. The van der Waals surface area contributed by atoms with Crippen LogP contribution in [0.3, 0.4) is 0 Å². The van der Waals surface area contributed by atoms with Crippen LogP contribution in [0.25, 0.3) is 10.4 Å². The molecule has 3 N–H and O–H groups in total.